The van der Waals surface area contributed by atoms with Crippen molar-refractivity contribution in [3.8, 4) is 0 Å². The van der Waals surface area contributed by atoms with Gasteiger partial charge in [-0.2, -0.15) is 0 Å². The minimum absolute atomic E-state index is 0.0730. The first-order valence-corrected chi connectivity index (χ1v) is 15.2. The van der Waals surface area contributed by atoms with Crippen molar-refractivity contribution in [2.45, 2.75) is 102 Å². The molecule has 24 heavy (non-hydrogen) atoms. The van der Waals surface area contributed by atoms with Gasteiger partial charge in [0.25, 0.3) is 0 Å². The van der Waals surface area contributed by atoms with E-state index in [0.29, 0.717) is 13.2 Å². The van der Waals surface area contributed by atoms with Crippen molar-refractivity contribution in [2.24, 2.45) is 0 Å². The first kappa shape index (κ1) is 20.6. The van der Waals surface area contributed by atoms with E-state index in [-0.39, 0.29) is 24.4 Å². The van der Waals surface area contributed by atoms with Crippen molar-refractivity contribution in [3.63, 3.8) is 0 Å². The zero-order chi connectivity index (χ0) is 17.8. The minimum Gasteiger partial charge on any atom is -0.409 e. The Morgan fingerprint density at radius 2 is 0.917 bits per heavy atom. The smallest absolute Gasteiger partial charge is 0.192 e. The molecule has 0 aliphatic carbocycles. The highest BCUT2D eigenvalue weighted by atomic mass is 28.4. The predicted octanol–water partition coefficient (Wildman–Crippen LogP) is 4.56. The van der Waals surface area contributed by atoms with Crippen molar-refractivity contribution in [3.05, 3.63) is 0 Å². The van der Waals surface area contributed by atoms with Gasteiger partial charge in [-0.15, -0.1) is 0 Å². The molecule has 0 aromatic heterocycles. The molecular weight excluding hydrogens is 336 g/mol. The molecular formula is C18H38O4Si2. The fourth-order valence-corrected chi connectivity index (χ4v) is 9.96. The van der Waals surface area contributed by atoms with E-state index >= 15 is 0 Å². The van der Waals surface area contributed by atoms with Crippen LogP contribution in [-0.4, -0.2) is 54.3 Å². The predicted molar refractivity (Wildman–Crippen MR) is 104 cm³/mol. The average Bonchev–Trinajstić information content (AvgIpc) is 3.21. The zero-order valence-corrected chi connectivity index (χ0v) is 18.6. The first-order chi connectivity index (χ1) is 11.5. The topological polar surface area (TPSA) is 36.9 Å². The quantitative estimate of drug-likeness (QED) is 0.525. The molecule has 2 heterocycles. The summed E-state index contributed by atoms with van der Waals surface area (Å²) in [7, 11) is -3.25. The van der Waals surface area contributed by atoms with Gasteiger partial charge in [0.1, 0.15) is 12.2 Å². The number of rotatable bonds is 10. The summed E-state index contributed by atoms with van der Waals surface area (Å²) in [5.41, 5.74) is 0. The van der Waals surface area contributed by atoms with Gasteiger partial charge in [-0.1, -0.05) is 41.5 Å². The summed E-state index contributed by atoms with van der Waals surface area (Å²) in [4.78, 5) is 0. The van der Waals surface area contributed by atoms with Gasteiger partial charge < -0.3 is 18.3 Å². The number of hydrogen-bond acceptors (Lipinski definition) is 4. The van der Waals surface area contributed by atoms with Crippen LogP contribution in [0.2, 0.25) is 36.3 Å². The second-order valence-electron chi connectivity index (χ2n) is 7.40. The molecule has 142 valence electrons. The molecule has 4 atom stereocenters. The second-order valence-corrected chi connectivity index (χ2v) is 16.8. The molecule has 0 aromatic rings. The third-order valence-electron chi connectivity index (χ3n) is 6.63. The Bertz CT molecular complexity index is 333. The number of fused-ring (bicyclic) bond motifs is 1. The molecule has 2 saturated heterocycles. The Hall–Kier alpha value is 0.274. The third kappa shape index (κ3) is 3.99. The lowest BCUT2D eigenvalue weighted by Crippen LogP contribution is -2.46. The molecule has 0 spiro atoms. The molecule has 2 fully saturated rings. The number of ether oxygens (including phenoxy) is 2. The standard InChI is InChI=1S/C18H38O4Si2/c1-7-23(8-2,9-3)21-15-13-19-18-16(14-20-17(15)18)22-24(10-4,11-5)12-6/h15-18H,7-14H2,1-6H3/t15-,16+,17-,18-/m1/s1. The Balaban J connectivity index is 2.01. The van der Waals surface area contributed by atoms with Crippen molar-refractivity contribution in [2.75, 3.05) is 13.2 Å². The van der Waals surface area contributed by atoms with Gasteiger partial charge in [-0.3, -0.25) is 0 Å². The molecule has 0 radical (unpaired) electrons. The van der Waals surface area contributed by atoms with Crippen molar-refractivity contribution < 1.29 is 18.3 Å². The molecule has 0 bridgehead atoms. The van der Waals surface area contributed by atoms with Gasteiger partial charge in [0.2, 0.25) is 0 Å². The molecule has 0 amide bonds. The van der Waals surface area contributed by atoms with Crippen LogP contribution >= 0.6 is 0 Å². The molecule has 6 heteroatoms. The van der Waals surface area contributed by atoms with Gasteiger partial charge in [-0.05, 0) is 36.3 Å². The molecule has 4 nitrogen and oxygen atoms in total. The van der Waals surface area contributed by atoms with E-state index in [1.807, 2.05) is 0 Å². The van der Waals surface area contributed by atoms with Gasteiger partial charge in [0.05, 0.1) is 25.4 Å². The Morgan fingerprint density at radius 1 is 0.625 bits per heavy atom. The molecule has 0 saturated carbocycles. The summed E-state index contributed by atoms with van der Waals surface area (Å²) in [6, 6.07) is 7.03. The van der Waals surface area contributed by atoms with Crippen molar-refractivity contribution in [1.29, 1.82) is 0 Å². The van der Waals surface area contributed by atoms with Crippen LogP contribution in [0.5, 0.6) is 0 Å². The maximum Gasteiger partial charge on any atom is 0.192 e. The summed E-state index contributed by atoms with van der Waals surface area (Å²) in [6.45, 7) is 15.0. The SMILES string of the molecule is CC[Si](CC)(CC)O[C@H]1CO[C@H]2[C@@H]1OC[C@H]2O[Si](CC)(CC)CC. The fourth-order valence-electron chi connectivity index (χ4n) is 4.27. The van der Waals surface area contributed by atoms with Gasteiger partial charge in [0, 0.05) is 0 Å². The fraction of sp³-hybridized carbons (Fsp3) is 1.00. The summed E-state index contributed by atoms with van der Waals surface area (Å²) in [5.74, 6) is 0. The Kier molecular flexibility index (Phi) is 7.53. The van der Waals surface area contributed by atoms with E-state index in [2.05, 4.69) is 41.5 Å². The highest BCUT2D eigenvalue weighted by Gasteiger charge is 2.52. The molecule has 0 N–H and O–H groups in total. The maximum absolute atomic E-state index is 6.66. The lowest BCUT2D eigenvalue weighted by Gasteiger charge is -2.33. The minimum atomic E-state index is -1.62. The van der Waals surface area contributed by atoms with Crippen LogP contribution in [0.15, 0.2) is 0 Å². The van der Waals surface area contributed by atoms with Crippen LogP contribution in [0.25, 0.3) is 0 Å². The van der Waals surface area contributed by atoms with Gasteiger partial charge in [-0.25, -0.2) is 0 Å². The van der Waals surface area contributed by atoms with Crippen LogP contribution in [0.1, 0.15) is 41.5 Å². The zero-order valence-electron chi connectivity index (χ0n) is 16.6. The Labute approximate surface area is 150 Å². The van der Waals surface area contributed by atoms with Crippen LogP contribution < -0.4 is 0 Å². The molecule has 0 aromatic carbocycles. The van der Waals surface area contributed by atoms with E-state index < -0.39 is 16.6 Å². The average molecular weight is 375 g/mol. The van der Waals surface area contributed by atoms with Gasteiger partial charge in [0.15, 0.2) is 16.6 Å². The lowest BCUT2D eigenvalue weighted by atomic mass is 10.1. The van der Waals surface area contributed by atoms with Crippen LogP contribution in [0.4, 0.5) is 0 Å². The largest absolute Gasteiger partial charge is 0.409 e. The van der Waals surface area contributed by atoms with E-state index in [4.69, 9.17) is 18.3 Å². The van der Waals surface area contributed by atoms with Crippen molar-refractivity contribution >= 4 is 16.6 Å². The van der Waals surface area contributed by atoms with Crippen LogP contribution in [0.3, 0.4) is 0 Å². The van der Waals surface area contributed by atoms with E-state index in [1.165, 1.54) is 36.3 Å². The van der Waals surface area contributed by atoms with Crippen LogP contribution in [-0.2, 0) is 18.3 Å². The van der Waals surface area contributed by atoms with Crippen LogP contribution in [0, 0.1) is 0 Å². The molecule has 2 aliphatic rings. The summed E-state index contributed by atoms with van der Waals surface area (Å²) < 4.78 is 25.6. The number of hydrogen-bond donors (Lipinski definition) is 0. The van der Waals surface area contributed by atoms with E-state index in [9.17, 15) is 0 Å². The molecule has 2 rings (SSSR count). The monoisotopic (exact) mass is 374 g/mol. The third-order valence-corrected chi connectivity index (χ3v) is 16.0. The summed E-state index contributed by atoms with van der Waals surface area (Å²) in [6.07, 6.45) is 0.361. The first-order valence-electron chi connectivity index (χ1n) is 10.1. The van der Waals surface area contributed by atoms with Crippen molar-refractivity contribution in [1.82, 2.24) is 0 Å². The lowest BCUT2D eigenvalue weighted by molar-refractivity contribution is 0.0112. The maximum atomic E-state index is 6.66. The summed E-state index contributed by atoms with van der Waals surface area (Å²) >= 11 is 0. The normalized spacial score (nSPS) is 30.8. The summed E-state index contributed by atoms with van der Waals surface area (Å²) in [5, 5.41) is 0. The Morgan fingerprint density at radius 3 is 1.17 bits per heavy atom. The van der Waals surface area contributed by atoms with E-state index in [1.54, 1.807) is 0 Å². The molecule has 0 unspecified atom stereocenters. The second kappa shape index (κ2) is 8.78. The highest BCUT2D eigenvalue weighted by Crippen LogP contribution is 2.36. The highest BCUT2D eigenvalue weighted by molar-refractivity contribution is 6.74. The van der Waals surface area contributed by atoms with Gasteiger partial charge >= 0.3 is 0 Å². The molecule has 2 aliphatic heterocycles. The van der Waals surface area contributed by atoms with E-state index in [0.717, 1.165) is 0 Å².